The molecule has 0 aliphatic carbocycles. The van der Waals surface area contributed by atoms with Gasteiger partial charge in [-0.2, -0.15) is 0 Å². The van der Waals surface area contributed by atoms with E-state index in [1.54, 1.807) is 18.9 Å². The smallest absolute Gasteiger partial charge is 0.238 e. The third-order valence-corrected chi connectivity index (χ3v) is 6.89. The molecule has 0 aromatic heterocycles. The zero-order chi connectivity index (χ0) is 22.8. The van der Waals surface area contributed by atoms with E-state index in [9.17, 15) is 9.59 Å². The van der Waals surface area contributed by atoms with Crippen molar-refractivity contribution >= 4 is 35.0 Å². The SMILES string of the molecule is CCCCCCCCCC(=O)Nc1cccc([C@H]2SCC(=O)N2c2ccc(OC)cc2)c1. The van der Waals surface area contributed by atoms with Crippen molar-refractivity contribution in [3.63, 3.8) is 0 Å². The minimum absolute atomic E-state index is 0.0536. The second kappa shape index (κ2) is 12.5. The van der Waals surface area contributed by atoms with Crippen molar-refractivity contribution in [2.75, 3.05) is 23.1 Å². The van der Waals surface area contributed by atoms with Crippen molar-refractivity contribution in [2.24, 2.45) is 0 Å². The standard InChI is InChI=1S/C26H34N2O3S/c1-3-4-5-6-7-8-9-13-24(29)27-21-12-10-11-20(18-21)26-28(25(30)19-32-26)22-14-16-23(31-2)17-15-22/h10-12,14-18,26H,3-9,13,19H2,1-2H3,(H,27,29)/t26-/m1/s1. The molecule has 32 heavy (non-hydrogen) atoms. The van der Waals surface area contributed by atoms with Crippen LogP contribution < -0.4 is 15.0 Å². The monoisotopic (exact) mass is 454 g/mol. The van der Waals surface area contributed by atoms with E-state index in [1.165, 1.54) is 32.1 Å². The van der Waals surface area contributed by atoms with Crippen LogP contribution in [-0.2, 0) is 9.59 Å². The maximum Gasteiger partial charge on any atom is 0.238 e. The lowest BCUT2D eigenvalue weighted by molar-refractivity contribution is -0.117. The summed E-state index contributed by atoms with van der Waals surface area (Å²) in [6.07, 6.45) is 8.91. The molecule has 2 aromatic rings. The maximum atomic E-state index is 12.6. The van der Waals surface area contributed by atoms with Crippen molar-refractivity contribution in [1.82, 2.24) is 0 Å². The van der Waals surface area contributed by atoms with Gasteiger partial charge in [-0.3, -0.25) is 14.5 Å². The largest absolute Gasteiger partial charge is 0.497 e. The predicted molar refractivity (Wildman–Crippen MR) is 133 cm³/mol. The summed E-state index contributed by atoms with van der Waals surface area (Å²) in [5.74, 6) is 1.33. The van der Waals surface area contributed by atoms with Gasteiger partial charge in [0, 0.05) is 17.8 Å². The number of unbranched alkanes of at least 4 members (excludes halogenated alkanes) is 6. The molecule has 2 amide bonds. The lowest BCUT2D eigenvalue weighted by atomic mass is 10.1. The van der Waals surface area contributed by atoms with E-state index in [4.69, 9.17) is 4.74 Å². The van der Waals surface area contributed by atoms with Crippen LogP contribution in [0.25, 0.3) is 0 Å². The van der Waals surface area contributed by atoms with E-state index in [0.717, 1.165) is 35.5 Å². The molecule has 0 spiro atoms. The van der Waals surface area contributed by atoms with Crippen LogP contribution in [0.5, 0.6) is 5.75 Å². The Morgan fingerprint density at radius 1 is 1.06 bits per heavy atom. The summed E-state index contributed by atoms with van der Waals surface area (Å²) < 4.78 is 5.23. The van der Waals surface area contributed by atoms with Crippen molar-refractivity contribution < 1.29 is 14.3 Å². The molecule has 0 unspecified atom stereocenters. The summed E-state index contributed by atoms with van der Waals surface area (Å²) in [7, 11) is 1.63. The number of amides is 2. The highest BCUT2D eigenvalue weighted by molar-refractivity contribution is 8.00. The van der Waals surface area contributed by atoms with Gasteiger partial charge in [-0.25, -0.2) is 0 Å². The lowest BCUT2D eigenvalue weighted by Crippen LogP contribution is -2.27. The summed E-state index contributed by atoms with van der Waals surface area (Å²) in [5.41, 5.74) is 2.63. The zero-order valence-electron chi connectivity index (χ0n) is 19.1. The van der Waals surface area contributed by atoms with Crippen LogP contribution in [0.4, 0.5) is 11.4 Å². The number of thioether (sulfide) groups is 1. The van der Waals surface area contributed by atoms with Gasteiger partial charge in [0.2, 0.25) is 11.8 Å². The average molecular weight is 455 g/mol. The van der Waals surface area contributed by atoms with Gasteiger partial charge < -0.3 is 10.1 Å². The highest BCUT2D eigenvalue weighted by Crippen LogP contribution is 2.42. The van der Waals surface area contributed by atoms with Crippen LogP contribution in [0, 0.1) is 0 Å². The van der Waals surface area contributed by atoms with Crippen LogP contribution in [0.3, 0.4) is 0 Å². The Morgan fingerprint density at radius 3 is 2.50 bits per heavy atom. The Bertz CT molecular complexity index is 885. The number of hydrogen-bond donors (Lipinski definition) is 1. The number of hydrogen-bond acceptors (Lipinski definition) is 4. The van der Waals surface area contributed by atoms with Gasteiger partial charge in [0.15, 0.2) is 0 Å². The molecule has 1 aliphatic rings. The Balaban J connectivity index is 1.57. The molecule has 1 atom stereocenters. The minimum Gasteiger partial charge on any atom is -0.497 e. The van der Waals surface area contributed by atoms with Crippen LogP contribution in [0.1, 0.15) is 69.2 Å². The van der Waals surface area contributed by atoms with Crippen molar-refractivity contribution in [1.29, 1.82) is 0 Å². The average Bonchev–Trinajstić information content (AvgIpc) is 3.20. The number of methoxy groups -OCH3 is 1. The van der Waals surface area contributed by atoms with Crippen molar-refractivity contribution in [3.05, 3.63) is 54.1 Å². The van der Waals surface area contributed by atoms with Gasteiger partial charge in [-0.05, 0) is 48.4 Å². The summed E-state index contributed by atoms with van der Waals surface area (Å²) in [6.45, 7) is 2.22. The molecule has 1 fully saturated rings. The van der Waals surface area contributed by atoms with E-state index in [0.29, 0.717) is 12.2 Å². The molecule has 6 heteroatoms. The number of benzene rings is 2. The molecular weight excluding hydrogens is 420 g/mol. The van der Waals surface area contributed by atoms with Gasteiger partial charge in [0.05, 0.1) is 12.9 Å². The second-order valence-corrected chi connectivity index (χ2v) is 9.24. The fourth-order valence-electron chi connectivity index (χ4n) is 3.93. The number of carbonyl (C=O) groups excluding carboxylic acids is 2. The minimum atomic E-state index is -0.115. The number of nitrogens with zero attached hydrogens (tertiary/aromatic N) is 1. The third kappa shape index (κ3) is 6.76. The number of carbonyl (C=O) groups is 2. The first kappa shape index (κ1) is 24.2. The fraction of sp³-hybridized carbons (Fsp3) is 0.462. The number of anilines is 2. The molecule has 172 valence electrons. The van der Waals surface area contributed by atoms with E-state index in [1.807, 2.05) is 53.4 Å². The lowest BCUT2D eigenvalue weighted by Gasteiger charge is -2.25. The highest BCUT2D eigenvalue weighted by atomic mass is 32.2. The molecular formula is C26H34N2O3S. The van der Waals surface area contributed by atoms with Crippen LogP contribution in [0.2, 0.25) is 0 Å². The van der Waals surface area contributed by atoms with E-state index < -0.39 is 0 Å². The van der Waals surface area contributed by atoms with Gasteiger partial charge in [-0.15, -0.1) is 11.8 Å². The van der Waals surface area contributed by atoms with E-state index >= 15 is 0 Å². The normalized spacial score (nSPS) is 15.8. The Hall–Kier alpha value is -2.47. The molecule has 5 nitrogen and oxygen atoms in total. The van der Waals surface area contributed by atoms with Gasteiger partial charge >= 0.3 is 0 Å². The fourth-order valence-corrected chi connectivity index (χ4v) is 5.10. The molecule has 1 heterocycles. The molecule has 0 saturated carbocycles. The van der Waals surface area contributed by atoms with Crippen LogP contribution in [0.15, 0.2) is 48.5 Å². The quantitative estimate of drug-likeness (QED) is 0.369. The van der Waals surface area contributed by atoms with Crippen molar-refractivity contribution in [3.8, 4) is 5.75 Å². The van der Waals surface area contributed by atoms with Crippen LogP contribution >= 0.6 is 11.8 Å². The number of rotatable bonds is 12. The molecule has 3 rings (SSSR count). The topological polar surface area (TPSA) is 58.6 Å². The Morgan fingerprint density at radius 2 is 1.78 bits per heavy atom. The van der Waals surface area contributed by atoms with E-state index in [2.05, 4.69) is 12.2 Å². The molecule has 2 aromatic carbocycles. The first-order valence-electron chi connectivity index (χ1n) is 11.6. The zero-order valence-corrected chi connectivity index (χ0v) is 20.0. The molecule has 1 aliphatic heterocycles. The highest BCUT2D eigenvalue weighted by Gasteiger charge is 2.34. The molecule has 1 N–H and O–H groups in total. The third-order valence-electron chi connectivity index (χ3n) is 5.68. The summed E-state index contributed by atoms with van der Waals surface area (Å²) in [6, 6.07) is 15.4. The summed E-state index contributed by atoms with van der Waals surface area (Å²) >= 11 is 1.60. The molecule has 0 bridgehead atoms. The van der Waals surface area contributed by atoms with Gasteiger partial charge in [0.1, 0.15) is 11.1 Å². The molecule has 1 saturated heterocycles. The maximum absolute atomic E-state index is 12.6. The number of ether oxygens (including phenoxy) is 1. The molecule has 0 radical (unpaired) electrons. The predicted octanol–water partition coefficient (Wildman–Crippen LogP) is 6.55. The summed E-state index contributed by atoms with van der Waals surface area (Å²) in [4.78, 5) is 26.8. The van der Waals surface area contributed by atoms with Gasteiger partial charge in [0.25, 0.3) is 0 Å². The van der Waals surface area contributed by atoms with Crippen LogP contribution in [-0.4, -0.2) is 24.7 Å². The Kier molecular flexibility index (Phi) is 9.47. The summed E-state index contributed by atoms with van der Waals surface area (Å²) in [5, 5.41) is 2.91. The van der Waals surface area contributed by atoms with Crippen molar-refractivity contribution in [2.45, 2.75) is 63.7 Å². The van der Waals surface area contributed by atoms with Gasteiger partial charge in [-0.1, -0.05) is 57.6 Å². The number of nitrogens with one attached hydrogen (secondary N) is 1. The first-order chi connectivity index (χ1) is 15.6. The van der Waals surface area contributed by atoms with E-state index in [-0.39, 0.29) is 17.2 Å². The Labute approximate surface area is 195 Å². The second-order valence-electron chi connectivity index (χ2n) is 8.17. The first-order valence-corrected chi connectivity index (χ1v) is 12.6.